The molecule has 1 aromatic carbocycles. The molecule has 4 heteroatoms. The topological polar surface area (TPSA) is 49.4 Å². The minimum absolute atomic E-state index is 0.00900. The molecule has 1 unspecified atom stereocenters. The quantitative estimate of drug-likeness (QED) is 0.832. The maximum atomic E-state index is 12.2. The van der Waals surface area contributed by atoms with Gasteiger partial charge in [-0.15, -0.1) is 0 Å². The number of nitrogens with one attached hydrogen (secondary N) is 1. The van der Waals surface area contributed by atoms with Crippen LogP contribution in [-0.2, 0) is 9.59 Å². The number of anilines is 1. The van der Waals surface area contributed by atoms with Gasteiger partial charge in [-0.1, -0.05) is 39.0 Å². The molecule has 0 saturated heterocycles. The molecule has 0 saturated carbocycles. The lowest BCUT2D eigenvalue weighted by molar-refractivity contribution is -0.121. The summed E-state index contributed by atoms with van der Waals surface area (Å²) in [4.78, 5) is 25.9. The number of hydrogen-bond acceptors (Lipinski definition) is 2. The van der Waals surface area contributed by atoms with Crippen molar-refractivity contribution < 1.29 is 9.59 Å². The van der Waals surface area contributed by atoms with Gasteiger partial charge in [0.1, 0.15) is 0 Å². The highest BCUT2D eigenvalue weighted by Crippen LogP contribution is 2.31. The molecule has 0 radical (unpaired) electrons. The van der Waals surface area contributed by atoms with E-state index in [1.807, 2.05) is 32.9 Å². The molecule has 0 fully saturated rings. The van der Waals surface area contributed by atoms with Crippen molar-refractivity contribution in [1.29, 1.82) is 0 Å². The largest absolute Gasteiger partial charge is 0.354 e. The van der Waals surface area contributed by atoms with E-state index in [9.17, 15) is 9.59 Å². The van der Waals surface area contributed by atoms with Crippen LogP contribution in [0.3, 0.4) is 0 Å². The van der Waals surface area contributed by atoms with Crippen molar-refractivity contribution in [2.45, 2.75) is 66.3 Å². The van der Waals surface area contributed by atoms with Crippen LogP contribution in [0.2, 0.25) is 0 Å². The average Bonchev–Trinajstić information content (AvgIpc) is 2.47. The van der Waals surface area contributed by atoms with Crippen LogP contribution in [0.25, 0.3) is 0 Å². The van der Waals surface area contributed by atoms with E-state index < -0.39 is 0 Å². The molecule has 0 aromatic heterocycles. The number of carbonyl (C=O) groups is 2. The molecule has 4 nitrogen and oxygen atoms in total. The molecular weight excluding hydrogens is 288 g/mol. The van der Waals surface area contributed by atoms with E-state index in [0.29, 0.717) is 18.9 Å². The molecular formula is C19H30N2O2. The second-order valence-electron chi connectivity index (χ2n) is 6.46. The van der Waals surface area contributed by atoms with Gasteiger partial charge in [0.05, 0.1) is 0 Å². The molecule has 1 N–H and O–H groups in total. The van der Waals surface area contributed by atoms with Gasteiger partial charge in [-0.2, -0.15) is 0 Å². The summed E-state index contributed by atoms with van der Waals surface area (Å²) in [6, 6.07) is 6.25. The fourth-order valence-electron chi connectivity index (χ4n) is 2.61. The Morgan fingerprint density at radius 3 is 2.39 bits per heavy atom. The first-order valence-electron chi connectivity index (χ1n) is 8.44. The third-order valence-corrected chi connectivity index (χ3v) is 4.12. The van der Waals surface area contributed by atoms with E-state index in [0.717, 1.165) is 23.2 Å². The van der Waals surface area contributed by atoms with Gasteiger partial charge in [0.25, 0.3) is 0 Å². The normalized spacial score (nSPS) is 12.1. The summed E-state index contributed by atoms with van der Waals surface area (Å²) in [5.41, 5.74) is 3.16. The molecule has 0 heterocycles. The summed E-state index contributed by atoms with van der Waals surface area (Å²) in [5, 5.41) is 2.95. The summed E-state index contributed by atoms with van der Waals surface area (Å²) in [6.07, 6.45) is 1.22. The number of carbonyl (C=O) groups excluding carboxylic acids is 2. The predicted molar refractivity (Wildman–Crippen MR) is 95.8 cm³/mol. The highest BCUT2D eigenvalue weighted by molar-refractivity contribution is 5.94. The molecule has 2 amide bonds. The minimum atomic E-state index is -0.0301. The van der Waals surface area contributed by atoms with Crippen molar-refractivity contribution in [3.8, 4) is 0 Å². The van der Waals surface area contributed by atoms with Crippen molar-refractivity contribution in [1.82, 2.24) is 5.32 Å². The number of hydrogen-bond donors (Lipinski definition) is 1. The number of amides is 2. The number of para-hydroxylation sites is 1. The first kappa shape index (κ1) is 19.2. The van der Waals surface area contributed by atoms with Crippen LogP contribution in [0, 0.1) is 6.92 Å². The SMILES string of the molecule is CCC(C)NC(=O)CCN(C(C)=O)c1c(C)cccc1C(C)C. The minimum Gasteiger partial charge on any atom is -0.354 e. The molecule has 0 aliphatic rings. The van der Waals surface area contributed by atoms with Crippen molar-refractivity contribution in [3.05, 3.63) is 29.3 Å². The van der Waals surface area contributed by atoms with E-state index in [4.69, 9.17) is 0 Å². The van der Waals surface area contributed by atoms with Crippen LogP contribution in [0.4, 0.5) is 5.69 Å². The van der Waals surface area contributed by atoms with Gasteiger partial charge < -0.3 is 10.2 Å². The molecule has 1 aromatic rings. The van der Waals surface area contributed by atoms with Crippen LogP contribution >= 0.6 is 0 Å². The van der Waals surface area contributed by atoms with Gasteiger partial charge >= 0.3 is 0 Å². The Hall–Kier alpha value is -1.84. The molecule has 0 aliphatic carbocycles. The Morgan fingerprint density at radius 1 is 1.22 bits per heavy atom. The van der Waals surface area contributed by atoms with Gasteiger partial charge in [-0.05, 0) is 37.3 Å². The molecule has 128 valence electrons. The zero-order valence-electron chi connectivity index (χ0n) is 15.3. The maximum absolute atomic E-state index is 12.2. The van der Waals surface area contributed by atoms with E-state index in [2.05, 4.69) is 25.2 Å². The average molecular weight is 318 g/mol. The van der Waals surface area contributed by atoms with Crippen LogP contribution in [-0.4, -0.2) is 24.4 Å². The monoisotopic (exact) mass is 318 g/mol. The van der Waals surface area contributed by atoms with Crippen LogP contribution in [0.5, 0.6) is 0 Å². The first-order valence-corrected chi connectivity index (χ1v) is 8.44. The molecule has 23 heavy (non-hydrogen) atoms. The van der Waals surface area contributed by atoms with Crippen LogP contribution < -0.4 is 10.2 Å². The Kier molecular flexibility index (Phi) is 7.27. The Morgan fingerprint density at radius 2 is 1.87 bits per heavy atom. The lowest BCUT2D eigenvalue weighted by Gasteiger charge is -2.27. The lowest BCUT2D eigenvalue weighted by atomic mass is 9.97. The van der Waals surface area contributed by atoms with E-state index >= 15 is 0 Å². The van der Waals surface area contributed by atoms with E-state index in [-0.39, 0.29) is 17.9 Å². The number of benzene rings is 1. The molecule has 0 spiro atoms. The second-order valence-corrected chi connectivity index (χ2v) is 6.46. The predicted octanol–water partition coefficient (Wildman–Crippen LogP) is 3.78. The summed E-state index contributed by atoms with van der Waals surface area (Å²) in [5.74, 6) is 0.281. The molecule has 0 aliphatic heterocycles. The second kappa shape index (κ2) is 8.70. The van der Waals surface area contributed by atoms with Gasteiger partial charge in [-0.3, -0.25) is 9.59 Å². The lowest BCUT2D eigenvalue weighted by Crippen LogP contribution is -2.37. The third kappa shape index (κ3) is 5.38. The fraction of sp³-hybridized carbons (Fsp3) is 0.579. The highest BCUT2D eigenvalue weighted by Gasteiger charge is 2.20. The van der Waals surface area contributed by atoms with Crippen LogP contribution in [0.1, 0.15) is 64.5 Å². The Balaban J connectivity index is 2.96. The number of aryl methyl sites for hydroxylation is 1. The third-order valence-electron chi connectivity index (χ3n) is 4.12. The Bertz CT molecular complexity index is 552. The van der Waals surface area contributed by atoms with Crippen molar-refractivity contribution in [2.75, 3.05) is 11.4 Å². The highest BCUT2D eigenvalue weighted by atomic mass is 16.2. The zero-order chi connectivity index (χ0) is 17.6. The van der Waals surface area contributed by atoms with Crippen molar-refractivity contribution >= 4 is 17.5 Å². The van der Waals surface area contributed by atoms with Gasteiger partial charge in [0.2, 0.25) is 11.8 Å². The smallest absolute Gasteiger partial charge is 0.223 e. The van der Waals surface area contributed by atoms with Crippen LogP contribution in [0.15, 0.2) is 18.2 Å². The number of nitrogens with zero attached hydrogens (tertiary/aromatic N) is 1. The Labute approximate surface area is 140 Å². The van der Waals surface area contributed by atoms with Gasteiger partial charge in [-0.25, -0.2) is 0 Å². The van der Waals surface area contributed by atoms with Gasteiger partial charge in [0.15, 0.2) is 0 Å². The summed E-state index contributed by atoms with van der Waals surface area (Å²) in [6.45, 7) is 12.2. The maximum Gasteiger partial charge on any atom is 0.223 e. The molecule has 0 bridgehead atoms. The molecule has 1 atom stereocenters. The van der Waals surface area contributed by atoms with E-state index in [1.165, 1.54) is 0 Å². The summed E-state index contributed by atoms with van der Waals surface area (Å²) in [7, 11) is 0. The molecule has 1 rings (SSSR count). The zero-order valence-corrected chi connectivity index (χ0v) is 15.3. The summed E-state index contributed by atoms with van der Waals surface area (Å²) >= 11 is 0. The van der Waals surface area contributed by atoms with Gasteiger partial charge in [0, 0.05) is 31.6 Å². The van der Waals surface area contributed by atoms with Crippen molar-refractivity contribution in [3.63, 3.8) is 0 Å². The van der Waals surface area contributed by atoms with E-state index in [1.54, 1.807) is 11.8 Å². The van der Waals surface area contributed by atoms with Crippen molar-refractivity contribution in [2.24, 2.45) is 0 Å². The first-order chi connectivity index (χ1) is 10.8. The number of rotatable bonds is 7. The fourth-order valence-corrected chi connectivity index (χ4v) is 2.61. The standard InChI is InChI=1S/C19H30N2O2/c1-7-15(5)20-18(23)11-12-21(16(6)22)19-14(4)9-8-10-17(19)13(2)3/h8-10,13,15H,7,11-12H2,1-6H3,(H,20,23). The summed E-state index contributed by atoms with van der Waals surface area (Å²) < 4.78 is 0.